The highest BCUT2D eigenvalue weighted by molar-refractivity contribution is 7.10. The second kappa shape index (κ2) is 7.35. The van der Waals surface area contributed by atoms with E-state index in [0.717, 1.165) is 48.2 Å². The predicted octanol–water partition coefficient (Wildman–Crippen LogP) is 4.32. The van der Waals surface area contributed by atoms with Crippen molar-refractivity contribution >= 4 is 29.0 Å². The first-order valence-corrected chi connectivity index (χ1v) is 10.3. The van der Waals surface area contributed by atoms with Crippen molar-refractivity contribution in [2.24, 2.45) is 0 Å². The third-order valence-electron chi connectivity index (χ3n) is 5.79. The van der Waals surface area contributed by atoms with Crippen LogP contribution in [-0.4, -0.2) is 30.6 Å². The molecule has 1 N–H and O–H groups in total. The molecule has 1 saturated carbocycles. The van der Waals surface area contributed by atoms with Gasteiger partial charge in [0.1, 0.15) is 0 Å². The minimum Gasteiger partial charge on any atom is -0.453 e. The monoisotopic (exact) mass is 384 g/mol. The molecule has 0 radical (unpaired) electrons. The van der Waals surface area contributed by atoms with Gasteiger partial charge in [0.15, 0.2) is 0 Å². The molecule has 2 amide bonds. The van der Waals surface area contributed by atoms with Gasteiger partial charge in [0.05, 0.1) is 12.5 Å². The maximum Gasteiger partial charge on any atom is 0.409 e. The first-order chi connectivity index (χ1) is 13.1. The molecule has 1 aliphatic heterocycles. The molecule has 2 aliphatic rings. The minimum absolute atomic E-state index is 0.0861. The number of carbonyl (C=O) groups excluding carboxylic acids is 2. The largest absolute Gasteiger partial charge is 0.453 e. The molecule has 1 fully saturated rings. The van der Waals surface area contributed by atoms with E-state index in [4.69, 9.17) is 4.74 Å². The number of carbonyl (C=O) groups is 2. The van der Waals surface area contributed by atoms with Crippen LogP contribution < -0.4 is 5.32 Å². The summed E-state index contributed by atoms with van der Waals surface area (Å²) in [6.07, 6.45) is 4.48. The molecule has 0 atom stereocenters. The van der Waals surface area contributed by atoms with Crippen LogP contribution in [-0.2, 0) is 27.9 Å². The summed E-state index contributed by atoms with van der Waals surface area (Å²) in [6.45, 7) is 1.18. The normalized spacial score (nSPS) is 18.0. The van der Waals surface area contributed by atoms with Gasteiger partial charge in [-0.15, -0.1) is 11.3 Å². The molecule has 0 unspecified atom stereocenters. The summed E-state index contributed by atoms with van der Waals surface area (Å²) in [7, 11) is 1.40. The smallest absolute Gasteiger partial charge is 0.409 e. The standard InChI is InChI=1S/C21H24N2O3S/c1-26-20(25)23-11-8-15-6-7-17(13-16(15)14-23)22-19(24)21(9-2-3-10-21)18-5-4-12-27-18/h4-7,12-13H,2-3,8-11,14H2,1H3,(H,22,24). The fourth-order valence-electron chi connectivity index (χ4n) is 4.29. The van der Waals surface area contributed by atoms with Crippen LogP contribution in [0.15, 0.2) is 35.7 Å². The van der Waals surface area contributed by atoms with E-state index in [-0.39, 0.29) is 12.0 Å². The molecule has 4 rings (SSSR count). The first kappa shape index (κ1) is 18.0. The van der Waals surface area contributed by atoms with Gasteiger partial charge in [0, 0.05) is 23.7 Å². The third-order valence-corrected chi connectivity index (χ3v) is 6.87. The second-order valence-corrected chi connectivity index (χ2v) is 8.29. The zero-order valence-corrected chi connectivity index (χ0v) is 16.3. The van der Waals surface area contributed by atoms with Gasteiger partial charge in [-0.2, -0.15) is 0 Å². The number of thiophene rings is 1. The van der Waals surface area contributed by atoms with E-state index in [2.05, 4.69) is 17.4 Å². The van der Waals surface area contributed by atoms with Gasteiger partial charge in [-0.05, 0) is 54.0 Å². The van der Waals surface area contributed by atoms with Gasteiger partial charge in [-0.3, -0.25) is 4.79 Å². The summed E-state index contributed by atoms with van der Waals surface area (Å²) in [5, 5.41) is 5.20. The molecular weight excluding hydrogens is 360 g/mol. The lowest BCUT2D eigenvalue weighted by molar-refractivity contribution is -0.121. The minimum atomic E-state index is -0.401. The molecule has 1 aromatic carbocycles. The summed E-state index contributed by atoms with van der Waals surface area (Å²) in [6, 6.07) is 10.1. The number of amides is 2. The van der Waals surface area contributed by atoms with Crippen molar-refractivity contribution in [1.82, 2.24) is 4.90 Å². The molecule has 1 aliphatic carbocycles. The van der Waals surface area contributed by atoms with Gasteiger partial charge < -0.3 is 15.0 Å². The van der Waals surface area contributed by atoms with Crippen molar-refractivity contribution in [3.63, 3.8) is 0 Å². The van der Waals surface area contributed by atoms with Crippen molar-refractivity contribution in [3.05, 3.63) is 51.7 Å². The number of methoxy groups -OCH3 is 1. The Kier molecular flexibility index (Phi) is 4.91. The molecule has 0 bridgehead atoms. The number of rotatable bonds is 3. The van der Waals surface area contributed by atoms with E-state index in [0.29, 0.717) is 13.1 Å². The average Bonchev–Trinajstić information content (AvgIpc) is 3.39. The molecule has 0 saturated heterocycles. The molecule has 2 aromatic rings. The number of nitrogens with zero attached hydrogens (tertiary/aromatic N) is 1. The van der Waals surface area contributed by atoms with Crippen molar-refractivity contribution in [3.8, 4) is 0 Å². The van der Waals surface area contributed by atoms with Crippen LogP contribution >= 0.6 is 11.3 Å². The summed E-state index contributed by atoms with van der Waals surface area (Å²) in [5.74, 6) is 0.0861. The number of hydrogen-bond acceptors (Lipinski definition) is 4. The highest BCUT2D eigenvalue weighted by Gasteiger charge is 2.43. The molecule has 27 heavy (non-hydrogen) atoms. The van der Waals surface area contributed by atoms with Crippen LogP contribution in [0.3, 0.4) is 0 Å². The number of benzene rings is 1. The van der Waals surface area contributed by atoms with Crippen LogP contribution in [0.1, 0.15) is 41.7 Å². The van der Waals surface area contributed by atoms with Crippen LogP contribution in [0, 0.1) is 0 Å². The third kappa shape index (κ3) is 3.34. The highest BCUT2D eigenvalue weighted by Crippen LogP contribution is 2.44. The van der Waals surface area contributed by atoms with Gasteiger partial charge in [-0.1, -0.05) is 25.0 Å². The number of hydrogen-bond donors (Lipinski definition) is 1. The Balaban J connectivity index is 1.55. The van der Waals surface area contributed by atoms with Gasteiger partial charge in [0.25, 0.3) is 0 Å². The van der Waals surface area contributed by atoms with Crippen molar-refractivity contribution in [2.45, 2.75) is 44.1 Å². The molecule has 5 nitrogen and oxygen atoms in total. The van der Waals surface area contributed by atoms with E-state index >= 15 is 0 Å². The molecule has 0 spiro atoms. The van der Waals surface area contributed by atoms with Gasteiger partial charge in [-0.25, -0.2) is 4.79 Å². The molecule has 6 heteroatoms. The fourth-order valence-corrected chi connectivity index (χ4v) is 5.27. The first-order valence-electron chi connectivity index (χ1n) is 9.42. The molecule has 2 heterocycles. The quantitative estimate of drug-likeness (QED) is 0.857. The number of fused-ring (bicyclic) bond motifs is 1. The lowest BCUT2D eigenvalue weighted by atomic mass is 9.83. The topological polar surface area (TPSA) is 58.6 Å². The van der Waals surface area contributed by atoms with Crippen LogP contribution in [0.25, 0.3) is 0 Å². The average molecular weight is 385 g/mol. The van der Waals surface area contributed by atoms with Crippen molar-refractivity contribution in [1.29, 1.82) is 0 Å². The zero-order valence-electron chi connectivity index (χ0n) is 15.5. The van der Waals surface area contributed by atoms with Gasteiger partial charge in [0.2, 0.25) is 5.91 Å². The predicted molar refractivity (Wildman–Crippen MR) is 106 cm³/mol. The number of anilines is 1. The Bertz CT molecular complexity index is 841. The van der Waals surface area contributed by atoms with E-state index in [9.17, 15) is 9.59 Å². The lowest BCUT2D eigenvalue weighted by Crippen LogP contribution is -2.37. The fraction of sp³-hybridized carbons (Fsp3) is 0.429. The Labute approximate surface area is 163 Å². The summed E-state index contributed by atoms with van der Waals surface area (Å²) >= 11 is 1.67. The number of nitrogens with one attached hydrogen (secondary N) is 1. The maximum absolute atomic E-state index is 13.2. The highest BCUT2D eigenvalue weighted by atomic mass is 32.1. The molecule has 1 aromatic heterocycles. The van der Waals surface area contributed by atoms with Crippen molar-refractivity contribution < 1.29 is 14.3 Å². The Hall–Kier alpha value is -2.34. The maximum atomic E-state index is 13.2. The lowest BCUT2D eigenvalue weighted by Gasteiger charge is -2.29. The summed E-state index contributed by atoms with van der Waals surface area (Å²) in [4.78, 5) is 27.9. The van der Waals surface area contributed by atoms with Crippen molar-refractivity contribution in [2.75, 3.05) is 19.0 Å². The van der Waals surface area contributed by atoms with E-state index in [1.54, 1.807) is 16.2 Å². The zero-order chi connectivity index (χ0) is 18.9. The number of ether oxygens (including phenoxy) is 1. The van der Waals surface area contributed by atoms with E-state index in [1.165, 1.54) is 12.7 Å². The summed E-state index contributed by atoms with van der Waals surface area (Å²) < 4.78 is 4.84. The molecular formula is C21H24N2O3S. The Morgan fingerprint density at radius 3 is 2.70 bits per heavy atom. The van der Waals surface area contributed by atoms with Gasteiger partial charge >= 0.3 is 6.09 Å². The SMILES string of the molecule is COC(=O)N1CCc2ccc(NC(=O)C3(c4cccs4)CCCC3)cc2C1. The Morgan fingerprint density at radius 1 is 1.19 bits per heavy atom. The van der Waals surface area contributed by atoms with E-state index < -0.39 is 5.41 Å². The second-order valence-electron chi connectivity index (χ2n) is 7.35. The summed E-state index contributed by atoms with van der Waals surface area (Å²) in [5.41, 5.74) is 2.69. The van der Waals surface area contributed by atoms with Crippen LogP contribution in [0.5, 0.6) is 0 Å². The molecule has 142 valence electrons. The van der Waals surface area contributed by atoms with Crippen LogP contribution in [0.4, 0.5) is 10.5 Å². The van der Waals surface area contributed by atoms with Crippen LogP contribution in [0.2, 0.25) is 0 Å². The Morgan fingerprint density at radius 2 is 2.00 bits per heavy atom. The van der Waals surface area contributed by atoms with E-state index in [1.807, 2.05) is 23.6 Å².